The third-order valence-electron chi connectivity index (χ3n) is 2.96. The van der Waals surface area contributed by atoms with Crippen molar-refractivity contribution in [3.05, 3.63) is 27.7 Å². The Bertz CT molecular complexity index is 552. The number of hydrogen-bond acceptors (Lipinski definition) is 3. The lowest BCUT2D eigenvalue weighted by Gasteiger charge is -2.26. The summed E-state index contributed by atoms with van der Waals surface area (Å²) in [6, 6.07) is 1.93. The molecule has 3 N–H and O–H groups in total. The fraction of sp³-hybridized carbons (Fsp3) is 0.500. The van der Waals surface area contributed by atoms with Crippen LogP contribution in [0.15, 0.2) is 12.1 Å². The number of halogens is 5. The number of nitrogens with one attached hydrogen (secondary N) is 1. The molecular formula is C14H19Cl3F2N2O2. The topological polar surface area (TPSA) is 64.4 Å². The van der Waals surface area contributed by atoms with Gasteiger partial charge < -0.3 is 15.8 Å². The number of rotatable bonds is 5. The normalized spacial score (nSPS) is 12.6. The van der Waals surface area contributed by atoms with Crippen molar-refractivity contribution in [2.45, 2.75) is 40.0 Å². The maximum Gasteiger partial charge on any atom is 0.387 e. The summed E-state index contributed by atoms with van der Waals surface area (Å²) in [5, 5.41) is 2.76. The molecule has 1 atom stereocenters. The smallest absolute Gasteiger partial charge is 0.387 e. The maximum atomic E-state index is 12.4. The zero-order valence-electron chi connectivity index (χ0n) is 12.8. The van der Waals surface area contributed by atoms with Gasteiger partial charge in [-0.05, 0) is 17.5 Å². The molecule has 23 heavy (non-hydrogen) atoms. The Morgan fingerprint density at radius 2 is 1.91 bits per heavy atom. The fourth-order valence-electron chi connectivity index (χ4n) is 1.65. The van der Waals surface area contributed by atoms with Gasteiger partial charge in [0, 0.05) is 17.1 Å². The van der Waals surface area contributed by atoms with Crippen LogP contribution in [0.25, 0.3) is 0 Å². The summed E-state index contributed by atoms with van der Waals surface area (Å²) in [6.07, 6.45) is 0. The summed E-state index contributed by atoms with van der Waals surface area (Å²) in [5.74, 6) is -0.628. The van der Waals surface area contributed by atoms with Gasteiger partial charge in [0.05, 0.1) is 11.1 Å². The van der Waals surface area contributed by atoms with Gasteiger partial charge in [-0.2, -0.15) is 8.78 Å². The summed E-state index contributed by atoms with van der Waals surface area (Å²) < 4.78 is 29.3. The standard InChI is InChI=1S/C14H18Cl2F2N2O2.ClH/c1-14(2,3)11(19)12(21)20-6-7-4-8(15)5-9(16)10(7)22-13(17)18;/h4-5,11,13H,6,19H2,1-3H3,(H,20,21);1H/t11-;/m1./s1. The van der Waals surface area contributed by atoms with E-state index in [0.29, 0.717) is 0 Å². The first-order chi connectivity index (χ1) is 10.0. The van der Waals surface area contributed by atoms with Crippen molar-refractivity contribution in [1.29, 1.82) is 0 Å². The number of amides is 1. The number of hydrogen-bond donors (Lipinski definition) is 2. The minimum atomic E-state index is -3.04. The van der Waals surface area contributed by atoms with Crippen molar-refractivity contribution in [2.24, 2.45) is 11.1 Å². The van der Waals surface area contributed by atoms with Crippen LogP contribution in [0.2, 0.25) is 10.0 Å². The van der Waals surface area contributed by atoms with Gasteiger partial charge >= 0.3 is 6.61 Å². The SMILES string of the molecule is CC(C)(C)[C@H](N)C(=O)NCc1cc(Cl)cc(Cl)c1OC(F)F.Cl. The van der Waals surface area contributed by atoms with Gasteiger partial charge in [0.15, 0.2) is 0 Å². The highest BCUT2D eigenvalue weighted by Crippen LogP contribution is 2.33. The van der Waals surface area contributed by atoms with Gasteiger partial charge in [-0.25, -0.2) is 0 Å². The predicted molar refractivity (Wildman–Crippen MR) is 89.6 cm³/mol. The minimum Gasteiger partial charge on any atom is -0.433 e. The Labute approximate surface area is 150 Å². The van der Waals surface area contributed by atoms with Gasteiger partial charge in [-0.15, -0.1) is 12.4 Å². The second-order valence-corrected chi connectivity index (χ2v) is 6.66. The summed E-state index contributed by atoms with van der Waals surface area (Å²) in [7, 11) is 0. The van der Waals surface area contributed by atoms with E-state index >= 15 is 0 Å². The van der Waals surface area contributed by atoms with Crippen LogP contribution in [0.1, 0.15) is 26.3 Å². The molecule has 4 nitrogen and oxygen atoms in total. The fourth-order valence-corrected chi connectivity index (χ4v) is 2.23. The molecule has 0 saturated carbocycles. The summed E-state index contributed by atoms with van der Waals surface area (Å²) in [5.41, 5.74) is 5.63. The van der Waals surface area contributed by atoms with Crippen molar-refractivity contribution >= 4 is 41.5 Å². The second kappa shape index (κ2) is 8.87. The quantitative estimate of drug-likeness (QED) is 0.797. The van der Waals surface area contributed by atoms with Crippen LogP contribution in [0.4, 0.5) is 8.78 Å². The molecule has 0 aliphatic rings. The molecule has 1 amide bonds. The molecule has 0 aromatic heterocycles. The number of carbonyl (C=O) groups is 1. The average molecular weight is 392 g/mol. The monoisotopic (exact) mass is 390 g/mol. The van der Waals surface area contributed by atoms with Gasteiger partial charge in [-0.1, -0.05) is 44.0 Å². The first-order valence-corrected chi connectivity index (χ1v) is 7.24. The molecule has 0 aliphatic carbocycles. The highest BCUT2D eigenvalue weighted by Gasteiger charge is 2.27. The molecule has 9 heteroatoms. The molecule has 1 aromatic rings. The van der Waals surface area contributed by atoms with Crippen LogP contribution in [0, 0.1) is 5.41 Å². The Morgan fingerprint density at radius 1 is 1.35 bits per heavy atom. The zero-order chi connectivity index (χ0) is 17.1. The van der Waals surface area contributed by atoms with Crippen LogP contribution in [-0.2, 0) is 11.3 Å². The third-order valence-corrected chi connectivity index (χ3v) is 3.46. The lowest BCUT2D eigenvalue weighted by molar-refractivity contribution is -0.124. The molecule has 0 unspecified atom stereocenters. The molecule has 0 spiro atoms. The number of nitrogens with two attached hydrogens (primary N) is 1. The Hall–Kier alpha value is -0.820. The van der Waals surface area contributed by atoms with Crippen LogP contribution in [0.5, 0.6) is 5.75 Å². The molecule has 0 bridgehead atoms. The van der Waals surface area contributed by atoms with Crippen molar-refractivity contribution < 1.29 is 18.3 Å². The average Bonchev–Trinajstić information content (AvgIpc) is 2.37. The zero-order valence-corrected chi connectivity index (χ0v) is 15.2. The minimum absolute atomic E-state index is 0. The largest absolute Gasteiger partial charge is 0.433 e. The number of benzene rings is 1. The third kappa shape index (κ3) is 6.67. The Morgan fingerprint density at radius 3 is 2.39 bits per heavy atom. The lowest BCUT2D eigenvalue weighted by Crippen LogP contribution is -2.48. The summed E-state index contributed by atoms with van der Waals surface area (Å²) in [6.45, 7) is 2.34. The second-order valence-electron chi connectivity index (χ2n) is 5.82. The van der Waals surface area contributed by atoms with E-state index in [1.807, 2.05) is 20.8 Å². The maximum absolute atomic E-state index is 12.4. The summed E-state index contributed by atoms with van der Waals surface area (Å²) >= 11 is 11.7. The molecule has 132 valence electrons. The lowest BCUT2D eigenvalue weighted by atomic mass is 9.87. The van der Waals surface area contributed by atoms with E-state index in [2.05, 4.69) is 10.1 Å². The highest BCUT2D eigenvalue weighted by molar-refractivity contribution is 6.35. The Balaban J connectivity index is 0.00000484. The van der Waals surface area contributed by atoms with Crippen molar-refractivity contribution in [3.8, 4) is 5.75 Å². The molecule has 0 heterocycles. The summed E-state index contributed by atoms with van der Waals surface area (Å²) in [4.78, 5) is 12.0. The van der Waals surface area contributed by atoms with Crippen molar-refractivity contribution in [1.82, 2.24) is 5.32 Å². The number of ether oxygens (including phenoxy) is 1. The highest BCUT2D eigenvalue weighted by atomic mass is 35.5. The molecule has 0 aliphatic heterocycles. The molecule has 1 rings (SSSR count). The first-order valence-electron chi connectivity index (χ1n) is 6.48. The molecule has 0 fully saturated rings. The van der Waals surface area contributed by atoms with Gasteiger partial charge in [0.1, 0.15) is 5.75 Å². The van der Waals surface area contributed by atoms with E-state index in [4.69, 9.17) is 28.9 Å². The molecular weight excluding hydrogens is 373 g/mol. The van der Waals surface area contributed by atoms with Crippen molar-refractivity contribution in [2.75, 3.05) is 0 Å². The van der Waals surface area contributed by atoms with Crippen LogP contribution in [-0.4, -0.2) is 18.6 Å². The van der Waals surface area contributed by atoms with Gasteiger partial charge in [-0.3, -0.25) is 4.79 Å². The molecule has 0 radical (unpaired) electrons. The van der Waals surface area contributed by atoms with E-state index in [1.54, 1.807) is 0 Å². The molecule has 1 aromatic carbocycles. The van der Waals surface area contributed by atoms with Gasteiger partial charge in [0.25, 0.3) is 0 Å². The van der Waals surface area contributed by atoms with Crippen LogP contribution >= 0.6 is 35.6 Å². The Kier molecular flexibility index (Phi) is 8.56. The van der Waals surface area contributed by atoms with E-state index < -0.39 is 24.0 Å². The first kappa shape index (κ1) is 22.2. The van der Waals surface area contributed by atoms with E-state index in [-0.39, 0.29) is 40.3 Å². The van der Waals surface area contributed by atoms with Crippen LogP contribution < -0.4 is 15.8 Å². The van der Waals surface area contributed by atoms with Crippen LogP contribution in [0.3, 0.4) is 0 Å². The predicted octanol–water partition coefficient (Wildman–Crippen LogP) is 4.01. The number of carbonyl (C=O) groups excluding carboxylic acids is 1. The van der Waals surface area contributed by atoms with E-state index in [9.17, 15) is 13.6 Å². The van der Waals surface area contributed by atoms with E-state index in [1.165, 1.54) is 12.1 Å². The van der Waals surface area contributed by atoms with E-state index in [0.717, 1.165) is 0 Å². The van der Waals surface area contributed by atoms with Crippen molar-refractivity contribution in [3.63, 3.8) is 0 Å². The van der Waals surface area contributed by atoms with Gasteiger partial charge in [0.2, 0.25) is 5.91 Å². The molecule has 0 saturated heterocycles. The number of alkyl halides is 2.